The normalized spacial score (nSPS) is 20.4. The van der Waals surface area contributed by atoms with Gasteiger partial charge in [-0.1, -0.05) is 40.2 Å². The van der Waals surface area contributed by atoms with Gasteiger partial charge in [0.25, 0.3) is 0 Å². The fraction of sp³-hybridized carbons (Fsp3) is 0.571. The minimum atomic E-state index is 0.0329. The fourth-order valence-corrected chi connectivity index (χ4v) is 2.32. The highest BCUT2D eigenvalue weighted by molar-refractivity contribution is 9.08. The van der Waals surface area contributed by atoms with Gasteiger partial charge in [0, 0.05) is 11.9 Å². The van der Waals surface area contributed by atoms with Crippen LogP contribution in [0.2, 0.25) is 0 Å². The first-order valence-electron chi connectivity index (χ1n) is 6.25. The van der Waals surface area contributed by atoms with Crippen LogP contribution in [0.1, 0.15) is 30.4 Å². The molecule has 2 nitrogen and oxygen atoms in total. The first-order chi connectivity index (χ1) is 8.38. The monoisotopic (exact) mass is 298 g/mol. The number of alkyl halides is 1. The topological polar surface area (TPSA) is 18.5 Å². The summed E-state index contributed by atoms with van der Waals surface area (Å²) < 4.78 is 11.2. The van der Waals surface area contributed by atoms with Gasteiger partial charge in [-0.15, -0.1) is 0 Å². The van der Waals surface area contributed by atoms with E-state index in [1.165, 1.54) is 24.0 Å². The molecule has 1 saturated heterocycles. The highest BCUT2D eigenvalue weighted by Gasteiger charge is 2.13. The van der Waals surface area contributed by atoms with E-state index >= 15 is 0 Å². The van der Waals surface area contributed by atoms with E-state index in [-0.39, 0.29) is 6.29 Å². The van der Waals surface area contributed by atoms with Crippen molar-refractivity contribution in [3.05, 3.63) is 35.4 Å². The van der Waals surface area contributed by atoms with E-state index in [9.17, 15) is 0 Å². The second-order valence-corrected chi connectivity index (χ2v) is 4.93. The van der Waals surface area contributed by atoms with E-state index in [4.69, 9.17) is 9.47 Å². The van der Waals surface area contributed by atoms with Crippen LogP contribution >= 0.6 is 15.9 Å². The molecule has 0 N–H and O–H groups in total. The SMILES string of the molecule is BrCc1ccc(CCOC2CCCCO2)cc1. The van der Waals surface area contributed by atoms with Crippen LogP contribution in [0.25, 0.3) is 0 Å². The quantitative estimate of drug-likeness (QED) is 0.772. The lowest BCUT2D eigenvalue weighted by molar-refractivity contribution is -0.161. The molecule has 1 aromatic rings. The van der Waals surface area contributed by atoms with Crippen molar-refractivity contribution in [3.63, 3.8) is 0 Å². The summed E-state index contributed by atoms with van der Waals surface area (Å²) in [5, 5.41) is 0.916. The zero-order valence-corrected chi connectivity index (χ0v) is 11.6. The van der Waals surface area contributed by atoms with Crippen molar-refractivity contribution in [2.75, 3.05) is 13.2 Å². The van der Waals surface area contributed by atoms with Gasteiger partial charge in [-0.2, -0.15) is 0 Å². The zero-order chi connectivity index (χ0) is 11.9. The van der Waals surface area contributed by atoms with Crippen molar-refractivity contribution < 1.29 is 9.47 Å². The van der Waals surface area contributed by atoms with E-state index < -0.39 is 0 Å². The summed E-state index contributed by atoms with van der Waals surface area (Å²) in [6.45, 7) is 1.60. The zero-order valence-electron chi connectivity index (χ0n) is 10.0. The number of halogens is 1. The molecule has 0 aliphatic carbocycles. The maximum absolute atomic E-state index is 5.71. The van der Waals surface area contributed by atoms with Crippen LogP contribution in [0.3, 0.4) is 0 Å². The van der Waals surface area contributed by atoms with Crippen molar-refractivity contribution >= 4 is 15.9 Å². The molecule has 1 heterocycles. The number of hydrogen-bond donors (Lipinski definition) is 0. The highest BCUT2D eigenvalue weighted by atomic mass is 79.9. The van der Waals surface area contributed by atoms with E-state index in [0.717, 1.165) is 31.4 Å². The van der Waals surface area contributed by atoms with Crippen molar-refractivity contribution in [2.45, 2.75) is 37.3 Å². The van der Waals surface area contributed by atoms with Gasteiger partial charge in [0.1, 0.15) is 0 Å². The third kappa shape index (κ3) is 4.41. The second kappa shape index (κ2) is 7.14. The molecule has 1 fully saturated rings. The van der Waals surface area contributed by atoms with Gasteiger partial charge < -0.3 is 9.47 Å². The van der Waals surface area contributed by atoms with Gasteiger partial charge in [-0.3, -0.25) is 0 Å². The average Bonchev–Trinajstić information content (AvgIpc) is 2.41. The highest BCUT2D eigenvalue weighted by Crippen LogP contribution is 2.14. The Kier molecular flexibility index (Phi) is 5.49. The molecule has 3 heteroatoms. The summed E-state index contributed by atoms with van der Waals surface area (Å²) in [4.78, 5) is 0. The van der Waals surface area contributed by atoms with Crippen LogP contribution in [0.15, 0.2) is 24.3 Å². The van der Waals surface area contributed by atoms with E-state index in [2.05, 4.69) is 40.2 Å². The molecule has 17 heavy (non-hydrogen) atoms. The molecule has 94 valence electrons. The fourth-order valence-electron chi connectivity index (χ4n) is 1.95. The number of ether oxygens (including phenoxy) is 2. The third-order valence-corrected chi connectivity index (χ3v) is 3.66. The average molecular weight is 299 g/mol. The Morgan fingerprint density at radius 3 is 2.59 bits per heavy atom. The number of benzene rings is 1. The van der Waals surface area contributed by atoms with E-state index in [0.29, 0.717) is 0 Å². The lowest BCUT2D eigenvalue weighted by Gasteiger charge is -2.22. The molecule has 0 saturated carbocycles. The standard InChI is InChI=1S/C14H19BrO2/c15-11-13-6-4-12(5-7-13)8-10-17-14-3-1-2-9-16-14/h4-7,14H,1-3,8-11H2. The minimum Gasteiger partial charge on any atom is -0.353 e. The molecular weight excluding hydrogens is 280 g/mol. The van der Waals surface area contributed by atoms with Crippen LogP contribution in [0, 0.1) is 0 Å². The third-order valence-electron chi connectivity index (χ3n) is 3.01. The summed E-state index contributed by atoms with van der Waals surface area (Å²) in [5.74, 6) is 0. The predicted molar refractivity (Wildman–Crippen MR) is 72.3 cm³/mol. The van der Waals surface area contributed by atoms with Crippen molar-refractivity contribution in [2.24, 2.45) is 0 Å². The first-order valence-corrected chi connectivity index (χ1v) is 7.37. The maximum Gasteiger partial charge on any atom is 0.157 e. The molecule has 1 aromatic carbocycles. The molecule has 0 radical (unpaired) electrons. The Hall–Kier alpha value is -0.380. The smallest absolute Gasteiger partial charge is 0.157 e. The van der Waals surface area contributed by atoms with Gasteiger partial charge >= 0.3 is 0 Å². The Morgan fingerprint density at radius 1 is 1.18 bits per heavy atom. The van der Waals surface area contributed by atoms with Crippen molar-refractivity contribution in [1.82, 2.24) is 0 Å². The van der Waals surface area contributed by atoms with Crippen LogP contribution in [0.4, 0.5) is 0 Å². The summed E-state index contributed by atoms with van der Waals surface area (Å²) in [7, 11) is 0. The van der Waals surface area contributed by atoms with Gasteiger partial charge in [-0.25, -0.2) is 0 Å². The van der Waals surface area contributed by atoms with Gasteiger partial charge in [0.15, 0.2) is 6.29 Å². The molecule has 1 aliphatic heterocycles. The Labute approximate surface area is 111 Å². The Balaban J connectivity index is 1.69. The van der Waals surface area contributed by atoms with Gasteiger partial charge in [0.2, 0.25) is 0 Å². The molecule has 1 aliphatic rings. The summed E-state index contributed by atoms with van der Waals surface area (Å²) in [6.07, 6.45) is 4.44. The lowest BCUT2D eigenvalue weighted by Crippen LogP contribution is -2.23. The molecule has 1 atom stereocenters. The molecule has 2 rings (SSSR count). The van der Waals surface area contributed by atoms with E-state index in [1.54, 1.807) is 0 Å². The molecule has 0 bridgehead atoms. The molecular formula is C14H19BrO2. The number of rotatable bonds is 5. The van der Waals surface area contributed by atoms with Crippen LogP contribution in [0.5, 0.6) is 0 Å². The van der Waals surface area contributed by atoms with E-state index in [1.807, 2.05) is 0 Å². The van der Waals surface area contributed by atoms with Crippen molar-refractivity contribution in [1.29, 1.82) is 0 Å². The summed E-state index contributed by atoms with van der Waals surface area (Å²) in [5.41, 5.74) is 2.63. The lowest BCUT2D eigenvalue weighted by atomic mass is 10.1. The molecule has 1 unspecified atom stereocenters. The van der Waals surface area contributed by atoms with Crippen LogP contribution < -0.4 is 0 Å². The van der Waals surface area contributed by atoms with Gasteiger partial charge in [0.05, 0.1) is 6.61 Å². The molecule has 0 spiro atoms. The van der Waals surface area contributed by atoms with Crippen molar-refractivity contribution in [3.8, 4) is 0 Å². The second-order valence-electron chi connectivity index (χ2n) is 4.37. The predicted octanol–water partition coefficient (Wildman–Crippen LogP) is 3.67. The molecule has 0 amide bonds. The minimum absolute atomic E-state index is 0.0329. The Morgan fingerprint density at radius 2 is 1.94 bits per heavy atom. The number of hydrogen-bond acceptors (Lipinski definition) is 2. The van der Waals surface area contributed by atoms with Crippen LogP contribution in [-0.2, 0) is 21.2 Å². The summed E-state index contributed by atoms with van der Waals surface area (Å²) in [6, 6.07) is 8.64. The Bertz CT molecular complexity index is 317. The largest absolute Gasteiger partial charge is 0.353 e. The maximum atomic E-state index is 5.71. The molecule has 0 aromatic heterocycles. The first kappa shape index (κ1) is 13.1. The van der Waals surface area contributed by atoms with Gasteiger partial charge in [-0.05, 0) is 36.8 Å². The summed E-state index contributed by atoms with van der Waals surface area (Å²) >= 11 is 3.45. The van der Waals surface area contributed by atoms with Crippen LogP contribution in [-0.4, -0.2) is 19.5 Å².